The fraction of sp³-hybridized carbons (Fsp3) is 0.909. The van der Waals surface area contributed by atoms with E-state index in [4.69, 9.17) is 4.74 Å². The Balaban J connectivity index is 3.77. The first kappa shape index (κ1) is 12.5. The molecule has 0 aromatic heterocycles. The van der Waals surface area contributed by atoms with E-state index in [1.165, 1.54) is 0 Å². The molecule has 0 aliphatic heterocycles. The fourth-order valence-corrected chi connectivity index (χ4v) is 1.20. The molecule has 0 aromatic carbocycles. The second-order valence-corrected chi connectivity index (χ2v) is 3.92. The van der Waals surface area contributed by atoms with Crippen molar-refractivity contribution in [3.05, 3.63) is 0 Å². The monoisotopic (exact) mass is 186 g/mol. The lowest BCUT2D eigenvalue weighted by Crippen LogP contribution is -2.19. The number of carbonyl (C=O) groups excluding carboxylic acids is 1. The van der Waals surface area contributed by atoms with Crippen molar-refractivity contribution >= 4 is 5.97 Å². The molecule has 78 valence electrons. The highest BCUT2D eigenvalue weighted by atomic mass is 16.5. The van der Waals surface area contributed by atoms with Crippen LogP contribution in [-0.4, -0.2) is 12.6 Å². The van der Waals surface area contributed by atoms with Gasteiger partial charge in [0.1, 0.15) is 0 Å². The summed E-state index contributed by atoms with van der Waals surface area (Å²) in [5.74, 6) is 0.532. The van der Waals surface area contributed by atoms with Gasteiger partial charge in [0, 0.05) is 0 Å². The minimum Gasteiger partial charge on any atom is -0.465 e. The van der Waals surface area contributed by atoms with E-state index in [-0.39, 0.29) is 11.9 Å². The van der Waals surface area contributed by atoms with Crippen molar-refractivity contribution in [1.82, 2.24) is 0 Å². The first-order chi connectivity index (χ1) is 6.11. The quantitative estimate of drug-likeness (QED) is 0.596. The average molecular weight is 186 g/mol. The van der Waals surface area contributed by atoms with Gasteiger partial charge in [-0.3, -0.25) is 4.79 Å². The Morgan fingerprint density at radius 1 is 1.31 bits per heavy atom. The molecule has 0 radical (unpaired) electrons. The Hall–Kier alpha value is -0.530. The summed E-state index contributed by atoms with van der Waals surface area (Å²) in [7, 11) is 0. The predicted molar refractivity (Wildman–Crippen MR) is 54.5 cm³/mol. The van der Waals surface area contributed by atoms with Crippen LogP contribution in [0.3, 0.4) is 0 Å². The molecule has 0 aliphatic carbocycles. The third kappa shape index (κ3) is 5.67. The molecular formula is C11H22O2. The molecule has 2 nitrogen and oxygen atoms in total. The van der Waals surface area contributed by atoms with Gasteiger partial charge in [0.15, 0.2) is 0 Å². The van der Waals surface area contributed by atoms with Gasteiger partial charge in [-0.15, -0.1) is 0 Å². The Labute approximate surface area is 81.7 Å². The first-order valence-electron chi connectivity index (χ1n) is 5.28. The van der Waals surface area contributed by atoms with Gasteiger partial charge < -0.3 is 4.74 Å². The van der Waals surface area contributed by atoms with Crippen LogP contribution < -0.4 is 0 Å². The Morgan fingerprint density at radius 3 is 2.31 bits per heavy atom. The van der Waals surface area contributed by atoms with E-state index < -0.39 is 0 Å². The predicted octanol–water partition coefficient (Wildman–Crippen LogP) is 3.01. The van der Waals surface area contributed by atoms with E-state index in [0.29, 0.717) is 12.5 Å². The summed E-state index contributed by atoms with van der Waals surface area (Å²) in [5.41, 5.74) is 0. The zero-order valence-corrected chi connectivity index (χ0v) is 9.30. The highest BCUT2D eigenvalue weighted by Gasteiger charge is 2.16. The maximum absolute atomic E-state index is 11.4. The molecule has 0 N–H and O–H groups in total. The van der Waals surface area contributed by atoms with E-state index in [9.17, 15) is 4.79 Å². The normalized spacial score (nSPS) is 13.0. The van der Waals surface area contributed by atoms with Gasteiger partial charge >= 0.3 is 5.97 Å². The largest absolute Gasteiger partial charge is 0.465 e. The van der Waals surface area contributed by atoms with Crippen LogP contribution in [0.25, 0.3) is 0 Å². The number of hydrogen-bond acceptors (Lipinski definition) is 2. The van der Waals surface area contributed by atoms with Crippen molar-refractivity contribution in [3.63, 3.8) is 0 Å². The second kappa shape index (κ2) is 6.93. The molecule has 1 atom stereocenters. The number of hydrogen-bond donors (Lipinski definition) is 0. The lowest BCUT2D eigenvalue weighted by atomic mass is 10.0. The summed E-state index contributed by atoms with van der Waals surface area (Å²) in [6.45, 7) is 8.79. The molecule has 0 fully saturated rings. The second-order valence-electron chi connectivity index (χ2n) is 3.92. The zero-order chi connectivity index (χ0) is 10.3. The molecular weight excluding hydrogens is 164 g/mol. The van der Waals surface area contributed by atoms with Crippen LogP contribution >= 0.6 is 0 Å². The zero-order valence-electron chi connectivity index (χ0n) is 9.30. The minimum absolute atomic E-state index is 0.0157. The van der Waals surface area contributed by atoms with Gasteiger partial charge in [-0.1, -0.05) is 34.1 Å². The molecule has 0 aliphatic rings. The van der Waals surface area contributed by atoms with Gasteiger partial charge in [0.2, 0.25) is 0 Å². The van der Waals surface area contributed by atoms with Crippen molar-refractivity contribution in [2.75, 3.05) is 6.61 Å². The third-order valence-corrected chi connectivity index (χ3v) is 2.02. The molecule has 0 rings (SSSR count). The van der Waals surface area contributed by atoms with E-state index in [1.54, 1.807) is 0 Å². The van der Waals surface area contributed by atoms with Crippen molar-refractivity contribution < 1.29 is 9.53 Å². The molecule has 0 saturated carbocycles. The van der Waals surface area contributed by atoms with E-state index >= 15 is 0 Å². The minimum atomic E-state index is -0.0157. The summed E-state index contributed by atoms with van der Waals surface area (Å²) >= 11 is 0. The maximum atomic E-state index is 11.4. The molecule has 2 heteroatoms. The molecule has 0 spiro atoms. The average Bonchev–Trinajstić information content (AvgIpc) is 2.10. The van der Waals surface area contributed by atoms with E-state index in [2.05, 4.69) is 6.92 Å². The van der Waals surface area contributed by atoms with Crippen LogP contribution in [0.5, 0.6) is 0 Å². The maximum Gasteiger partial charge on any atom is 0.308 e. The summed E-state index contributed by atoms with van der Waals surface area (Å²) in [5, 5.41) is 0. The van der Waals surface area contributed by atoms with Crippen molar-refractivity contribution in [2.45, 2.75) is 47.0 Å². The lowest BCUT2D eigenvalue weighted by Gasteiger charge is -2.14. The molecule has 0 bridgehead atoms. The van der Waals surface area contributed by atoms with E-state index in [1.807, 2.05) is 20.8 Å². The smallest absolute Gasteiger partial charge is 0.308 e. The molecule has 0 saturated heterocycles. The van der Waals surface area contributed by atoms with Crippen LogP contribution in [0.1, 0.15) is 47.0 Å². The van der Waals surface area contributed by atoms with Crippen molar-refractivity contribution in [2.24, 2.45) is 11.8 Å². The molecule has 0 aromatic rings. The first-order valence-corrected chi connectivity index (χ1v) is 5.28. The standard InChI is InChI=1S/C11H22O2/c1-5-7-10(6-2)11(12)13-8-9(3)4/h9-10H,5-8H2,1-4H3. The van der Waals surface area contributed by atoms with Gasteiger partial charge in [-0.05, 0) is 18.8 Å². The Morgan fingerprint density at radius 2 is 1.92 bits per heavy atom. The molecule has 1 unspecified atom stereocenters. The summed E-state index contributed by atoms with van der Waals surface area (Å²) in [6.07, 6.45) is 2.90. The molecule has 0 amide bonds. The van der Waals surface area contributed by atoms with E-state index in [0.717, 1.165) is 19.3 Å². The highest BCUT2D eigenvalue weighted by Crippen LogP contribution is 2.13. The van der Waals surface area contributed by atoms with Gasteiger partial charge in [-0.2, -0.15) is 0 Å². The molecule has 0 heterocycles. The van der Waals surface area contributed by atoms with Gasteiger partial charge in [-0.25, -0.2) is 0 Å². The molecule has 13 heavy (non-hydrogen) atoms. The number of esters is 1. The van der Waals surface area contributed by atoms with Crippen molar-refractivity contribution in [3.8, 4) is 0 Å². The SMILES string of the molecule is CCCC(CC)C(=O)OCC(C)C. The van der Waals surface area contributed by atoms with Crippen LogP contribution in [0.4, 0.5) is 0 Å². The van der Waals surface area contributed by atoms with Gasteiger partial charge in [0.25, 0.3) is 0 Å². The third-order valence-electron chi connectivity index (χ3n) is 2.02. The van der Waals surface area contributed by atoms with Crippen molar-refractivity contribution in [1.29, 1.82) is 0 Å². The number of rotatable bonds is 6. The highest BCUT2D eigenvalue weighted by molar-refractivity contribution is 5.72. The van der Waals surface area contributed by atoms with Crippen LogP contribution in [0.2, 0.25) is 0 Å². The van der Waals surface area contributed by atoms with Crippen LogP contribution in [0.15, 0.2) is 0 Å². The number of carbonyl (C=O) groups is 1. The Bertz CT molecular complexity index is 141. The number of ether oxygens (including phenoxy) is 1. The summed E-state index contributed by atoms with van der Waals surface area (Å²) in [4.78, 5) is 11.4. The lowest BCUT2D eigenvalue weighted by molar-refractivity contribution is -0.150. The van der Waals surface area contributed by atoms with Crippen LogP contribution in [0, 0.1) is 11.8 Å². The van der Waals surface area contributed by atoms with Crippen LogP contribution in [-0.2, 0) is 9.53 Å². The fourth-order valence-electron chi connectivity index (χ4n) is 1.20. The summed E-state index contributed by atoms with van der Waals surface area (Å²) < 4.78 is 5.17. The summed E-state index contributed by atoms with van der Waals surface area (Å²) in [6, 6.07) is 0. The topological polar surface area (TPSA) is 26.3 Å². The Kier molecular flexibility index (Phi) is 6.65. The van der Waals surface area contributed by atoms with Gasteiger partial charge in [0.05, 0.1) is 12.5 Å².